The summed E-state index contributed by atoms with van der Waals surface area (Å²) < 4.78 is 5.36. The molecule has 0 aromatic rings. The van der Waals surface area contributed by atoms with Gasteiger partial charge in [-0.2, -0.15) is 11.8 Å². The van der Waals surface area contributed by atoms with Gasteiger partial charge in [0.15, 0.2) is 0 Å². The van der Waals surface area contributed by atoms with Crippen LogP contribution in [-0.2, 0) is 4.74 Å². The van der Waals surface area contributed by atoms with E-state index in [1.165, 1.54) is 30.8 Å². The lowest BCUT2D eigenvalue weighted by molar-refractivity contribution is 0.167. The lowest BCUT2D eigenvalue weighted by atomic mass is 9.81. The van der Waals surface area contributed by atoms with E-state index in [-0.39, 0.29) is 0 Å². The third-order valence-corrected chi connectivity index (χ3v) is 3.74. The molecule has 1 saturated heterocycles. The van der Waals surface area contributed by atoms with Gasteiger partial charge in [0.1, 0.15) is 0 Å². The molecule has 1 rings (SSSR count). The first-order chi connectivity index (χ1) is 6.27. The summed E-state index contributed by atoms with van der Waals surface area (Å²) in [5.41, 5.74) is 0.548. The van der Waals surface area contributed by atoms with E-state index in [1.54, 1.807) is 6.26 Å². The summed E-state index contributed by atoms with van der Waals surface area (Å²) in [7, 11) is 0. The van der Waals surface area contributed by atoms with E-state index in [9.17, 15) is 0 Å². The standard InChI is InChI=1S/C11H20OS/c1-3-7-12-8-4-11(2)5-9-13-10-6-11/h3,7H,4-6,8-10H2,1-2H3/b7-3+. The highest BCUT2D eigenvalue weighted by molar-refractivity contribution is 7.99. The van der Waals surface area contributed by atoms with Crippen LogP contribution in [0.5, 0.6) is 0 Å². The van der Waals surface area contributed by atoms with Crippen molar-refractivity contribution in [3.63, 3.8) is 0 Å². The number of thioether (sulfide) groups is 1. The first-order valence-corrected chi connectivity index (χ1v) is 6.23. The van der Waals surface area contributed by atoms with Crippen molar-refractivity contribution in [1.29, 1.82) is 0 Å². The molecular formula is C11H20OS. The summed E-state index contributed by atoms with van der Waals surface area (Å²) in [5, 5.41) is 0. The van der Waals surface area contributed by atoms with Crippen molar-refractivity contribution in [3.05, 3.63) is 12.3 Å². The maximum atomic E-state index is 5.36. The average Bonchev–Trinajstić information content (AvgIpc) is 2.14. The second kappa shape index (κ2) is 5.58. The van der Waals surface area contributed by atoms with Gasteiger partial charge in [0.05, 0.1) is 12.9 Å². The van der Waals surface area contributed by atoms with Crippen molar-refractivity contribution in [3.8, 4) is 0 Å². The van der Waals surface area contributed by atoms with Gasteiger partial charge in [-0.3, -0.25) is 0 Å². The van der Waals surface area contributed by atoms with Crippen molar-refractivity contribution in [2.24, 2.45) is 5.41 Å². The predicted molar refractivity (Wildman–Crippen MR) is 60.0 cm³/mol. The number of allylic oxidation sites excluding steroid dienone is 1. The number of hydrogen-bond acceptors (Lipinski definition) is 2. The van der Waals surface area contributed by atoms with Gasteiger partial charge in [-0.05, 0) is 43.1 Å². The molecular weight excluding hydrogens is 180 g/mol. The van der Waals surface area contributed by atoms with E-state index in [1.807, 2.05) is 13.0 Å². The summed E-state index contributed by atoms with van der Waals surface area (Å²) >= 11 is 2.09. The molecule has 0 bridgehead atoms. The molecule has 0 spiro atoms. The molecule has 1 heterocycles. The fraction of sp³-hybridized carbons (Fsp3) is 0.818. The summed E-state index contributed by atoms with van der Waals surface area (Å²) in [6, 6.07) is 0. The normalized spacial score (nSPS) is 22.0. The molecule has 0 radical (unpaired) electrons. The topological polar surface area (TPSA) is 9.23 Å². The van der Waals surface area contributed by atoms with E-state index in [0.717, 1.165) is 6.61 Å². The van der Waals surface area contributed by atoms with Gasteiger partial charge < -0.3 is 4.74 Å². The van der Waals surface area contributed by atoms with Crippen LogP contribution in [0.1, 0.15) is 33.1 Å². The molecule has 1 fully saturated rings. The first-order valence-electron chi connectivity index (χ1n) is 5.07. The van der Waals surface area contributed by atoms with E-state index in [0.29, 0.717) is 5.41 Å². The van der Waals surface area contributed by atoms with Gasteiger partial charge in [0, 0.05) is 0 Å². The Hall–Kier alpha value is -0.110. The molecule has 76 valence electrons. The Kier molecular flexibility index (Phi) is 4.71. The van der Waals surface area contributed by atoms with Crippen LogP contribution < -0.4 is 0 Å². The molecule has 0 atom stereocenters. The molecule has 0 N–H and O–H groups in total. The smallest absolute Gasteiger partial charge is 0.0878 e. The minimum Gasteiger partial charge on any atom is -0.502 e. The monoisotopic (exact) mass is 200 g/mol. The van der Waals surface area contributed by atoms with E-state index in [4.69, 9.17) is 4.74 Å². The molecule has 0 saturated carbocycles. The summed E-state index contributed by atoms with van der Waals surface area (Å²) in [4.78, 5) is 0. The SMILES string of the molecule is C/C=C/OCCC1(C)CCSCC1. The molecule has 1 aliphatic heterocycles. The Balaban J connectivity index is 2.17. The first kappa shape index (κ1) is 11.0. The zero-order chi connectivity index (χ0) is 9.57. The van der Waals surface area contributed by atoms with Crippen LogP contribution in [0, 0.1) is 5.41 Å². The lowest BCUT2D eigenvalue weighted by Crippen LogP contribution is -2.24. The molecule has 2 heteroatoms. The molecule has 1 nitrogen and oxygen atoms in total. The zero-order valence-electron chi connectivity index (χ0n) is 8.71. The Labute approximate surface area is 85.9 Å². The van der Waals surface area contributed by atoms with E-state index >= 15 is 0 Å². The Morgan fingerprint density at radius 2 is 2.08 bits per heavy atom. The molecule has 0 aromatic carbocycles. The quantitative estimate of drug-likeness (QED) is 0.508. The zero-order valence-corrected chi connectivity index (χ0v) is 9.53. The van der Waals surface area contributed by atoms with Crippen molar-refractivity contribution < 1.29 is 4.74 Å². The minimum atomic E-state index is 0.548. The van der Waals surface area contributed by atoms with Gasteiger partial charge in [-0.15, -0.1) is 0 Å². The van der Waals surface area contributed by atoms with Gasteiger partial charge in [-0.25, -0.2) is 0 Å². The van der Waals surface area contributed by atoms with Crippen molar-refractivity contribution in [2.75, 3.05) is 18.1 Å². The highest BCUT2D eigenvalue weighted by atomic mass is 32.2. The Bertz CT molecular complexity index is 159. The highest BCUT2D eigenvalue weighted by Gasteiger charge is 2.26. The minimum absolute atomic E-state index is 0.548. The maximum Gasteiger partial charge on any atom is 0.0878 e. The van der Waals surface area contributed by atoms with Crippen LogP contribution in [0.3, 0.4) is 0 Å². The third-order valence-electron chi connectivity index (χ3n) is 2.76. The van der Waals surface area contributed by atoms with E-state index < -0.39 is 0 Å². The van der Waals surface area contributed by atoms with Crippen LogP contribution >= 0.6 is 11.8 Å². The van der Waals surface area contributed by atoms with Crippen molar-refractivity contribution in [2.45, 2.75) is 33.1 Å². The second-order valence-electron chi connectivity index (χ2n) is 4.01. The van der Waals surface area contributed by atoms with Gasteiger partial charge in [0.2, 0.25) is 0 Å². The molecule has 0 amide bonds. The molecule has 13 heavy (non-hydrogen) atoms. The van der Waals surface area contributed by atoms with Crippen LogP contribution in [0.25, 0.3) is 0 Å². The summed E-state index contributed by atoms with van der Waals surface area (Å²) in [6.07, 6.45) is 7.66. The summed E-state index contributed by atoms with van der Waals surface area (Å²) in [5.74, 6) is 2.67. The van der Waals surface area contributed by atoms with Crippen LogP contribution in [0.4, 0.5) is 0 Å². The second-order valence-corrected chi connectivity index (χ2v) is 5.24. The van der Waals surface area contributed by atoms with Gasteiger partial charge in [-0.1, -0.05) is 13.0 Å². The van der Waals surface area contributed by atoms with Gasteiger partial charge in [0.25, 0.3) is 0 Å². The van der Waals surface area contributed by atoms with Crippen molar-refractivity contribution in [1.82, 2.24) is 0 Å². The average molecular weight is 200 g/mol. The molecule has 0 aliphatic carbocycles. The highest BCUT2D eigenvalue weighted by Crippen LogP contribution is 2.37. The predicted octanol–water partition coefficient (Wildman–Crippen LogP) is 3.46. The lowest BCUT2D eigenvalue weighted by Gasteiger charge is -2.32. The van der Waals surface area contributed by atoms with Crippen LogP contribution in [0.15, 0.2) is 12.3 Å². The Morgan fingerprint density at radius 1 is 1.38 bits per heavy atom. The molecule has 0 unspecified atom stereocenters. The number of rotatable bonds is 4. The fourth-order valence-corrected chi connectivity index (χ4v) is 3.06. The van der Waals surface area contributed by atoms with Crippen molar-refractivity contribution >= 4 is 11.8 Å². The number of hydrogen-bond donors (Lipinski definition) is 0. The molecule has 1 aliphatic rings. The molecule has 0 aromatic heterocycles. The third kappa shape index (κ3) is 4.08. The summed E-state index contributed by atoms with van der Waals surface area (Å²) in [6.45, 7) is 5.26. The van der Waals surface area contributed by atoms with E-state index in [2.05, 4.69) is 18.7 Å². The Morgan fingerprint density at radius 3 is 2.69 bits per heavy atom. The fourth-order valence-electron chi connectivity index (χ4n) is 1.58. The largest absolute Gasteiger partial charge is 0.502 e. The van der Waals surface area contributed by atoms with Gasteiger partial charge >= 0.3 is 0 Å². The number of ether oxygens (including phenoxy) is 1. The van der Waals surface area contributed by atoms with Crippen LogP contribution in [0.2, 0.25) is 0 Å². The van der Waals surface area contributed by atoms with Crippen LogP contribution in [-0.4, -0.2) is 18.1 Å². The maximum absolute atomic E-state index is 5.36.